The molecule has 18 heteroatoms. The number of amides is 4. The Morgan fingerprint density at radius 1 is 0.781 bits per heavy atom. The highest BCUT2D eigenvalue weighted by Gasteiger charge is 2.37. The largest absolute Gasteiger partial charge is 0.487 e. The number of aryl methyl sites for hydroxylation is 1. The number of imidazole rings is 2. The standard InChI is InChI=1S/C37H48N6O7.C4H8N2O3.C3H8.C2H6/c1-7-31-38-21-28(40-31)25-12-10-24(11-13-25)26-14-15-27(34(50-20-18-47-5)33(26)49-19-17-46-4)29-22-39-35(41-29)30-9-8-16-43(30)36(44)32(23(2)3)42-37(45)48-6;1-9-4(8)6-2-3(5)7;1-3-2;1-2/h10-15,21-23,30,32H,7-9,16-20H2,1-6H3,(H,38,40)(H,39,41)(H,42,45);2H2,1H3,(H2,5,7)(H,6,8);3H2,1-2H3;1-2H3. The zero-order valence-electron chi connectivity index (χ0n) is 39.4. The second-order valence-corrected chi connectivity index (χ2v) is 14.4. The molecule has 0 aliphatic carbocycles. The zero-order valence-corrected chi connectivity index (χ0v) is 39.4. The molecule has 0 bridgehead atoms. The molecule has 2 atom stereocenters. The number of methoxy groups -OCH3 is 4. The van der Waals surface area contributed by atoms with Gasteiger partial charge in [0.05, 0.1) is 63.8 Å². The number of likely N-dealkylation sites (tertiary alicyclic amines) is 1. The highest BCUT2D eigenvalue weighted by atomic mass is 16.6. The second-order valence-electron chi connectivity index (χ2n) is 14.4. The molecule has 1 saturated heterocycles. The van der Waals surface area contributed by atoms with E-state index < -0.39 is 24.1 Å². The molecule has 1 aliphatic heterocycles. The van der Waals surface area contributed by atoms with Gasteiger partial charge in [-0.2, -0.15) is 0 Å². The number of hydrogen-bond donors (Lipinski definition) is 5. The van der Waals surface area contributed by atoms with Gasteiger partial charge in [-0.3, -0.25) is 9.59 Å². The van der Waals surface area contributed by atoms with Crippen molar-refractivity contribution in [2.24, 2.45) is 11.7 Å². The lowest BCUT2D eigenvalue weighted by Crippen LogP contribution is -2.51. The number of carbonyl (C=O) groups is 4. The average Bonchev–Trinajstić information content (AvgIpc) is 4.11. The minimum absolute atomic E-state index is 0.132. The number of aromatic nitrogens is 4. The number of aromatic amines is 2. The number of benzene rings is 2. The molecule has 6 N–H and O–H groups in total. The molecule has 64 heavy (non-hydrogen) atoms. The number of nitrogens with two attached hydrogens (primary N) is 1. The first kappa shape index (κ1) is 54.0. The maximum Gasteiger partial charge on any atom is 0.407 e. The lowest BCUT2D eigenvalue weighted by atomic mass is 9.98. The maximum absolute atomic E-state index is 13.7. The van der Waals surface area contributed by atoms with Crippen LogP contribution in [0.2, 0.25) is 0 Å². The van der Waals surface area contributed by atoms with Gasteiger partial charge in [0, 0.05) is 38.3 Å². The third-order valence-corrected chi connectivity index (χ3v) is 9.37. The highest BCUT2D eigenvalue weighted by molar-refractivity contribution is 5.87. The average molecular weight is 895 g/mol. The van der Waals surface area contributed by atoms with Gasteiger partial charge >= 0.3 is 12.2 Å². The summed E-state index contributed by atoms with van der Waals surface area (Å²) in [6, 6.07) is 11.2. The lowest BCUT2D eigenvalue weighted by Gasteiger charge is -2.30. The van der Waals surface area contributed by atoms with Crippen LogP contribution in [0.5, 0.6) is 11.5 Å². The molecular formula is C46H70N8O10. The van der Waals surface area contributed by atoms with Gasteiger partial charge in [0.15, 0.2) is 11.5 Å². The number of nitrogens with one attached hydrogen (secondary N) is 4. The minimum Gasteiger partial charge on any atom is -0.487 e. The van der Waals surface area contributed by atoms with Gasteiger partial charge in [-0.15, -0.1) is 0 Å². The molecule has 4 amide bonds. The van der Waals surface area contributed by atoms with E-state index in [1.165, 1.54) is 20.6 Å². The van der Waals surface area contributed by atoms with Crippen molar-refractivity contribution in [1.29, 1.82) is 0 Å². The number of nitrogens with zero attached hydrogens (tertiary/aromatic N) is 3. The number of H-pyrrole nitrogens is 2. The van der Waals surface area contributed by atoms with Crippen molar-refractivity contribution >= 4 is 24.0 Å². The van der Waals surface area contributed by atoms with Crippen LogP contribution in [-0.2, 0) is 35.0 Å². The Labute approximate surface area is 377 Å². The number of hydrogen-bond acceptors (Lipinski definition) is 12. The van der Waals surface area contributed by atoms with Crippen LogP contribution in [0.15, 0.2) is 48.8 Å². The molecule has 18 nitrogen and oxygen atoms in total. The first-order chi connectivity index (χ1) is 30.9. The van der Waals surface area contributed by atoms with Gasteiger partial charge in [0.2, 0.25) is 11.8 Å². The van der Waals surface area contributed by atoms with Gasteiger partial charge in [0.25, 0.3) is 0 Å². The summed E-state index contributed by atoms with van der Waals surface area (Å²) in [5.41, 5.74) is 9.94. The van der Waals surface area contributed by atoms with Crippen LogP contribution in [0.1, 0.15) is 85.4 Å². The fourth-order valence-electron chi connectivity index (χ4n) is 6.33. The summed E-state index contributed by atoms with van der Waals surface area (Å²) in [4.78, 5) is 63.7. The summed E-state index contributed by atoms with van der Waals surface area (Å²) in [7, 11) is 5.75. The van der Waals surface area contributed by atoms with E-state index in [1.54, 1.807) is 25.3 Å². The topological polar surface area (TPSA) is 234 Å². The molecule has 5 rings (SSSR count). The molecule has 1 fully saturated rings. The van der Waals surface area contributed by atoms with Crippen LogP contribution in [0.4, 0.5) is 9.59 Å². The van der Waals surface area contributed by atoms with E-state index in [4.69, 9.17) is 28.7 Å². The Morgan fingerprint density at radius 2 is 1.34 bits per heavy atom. The highest BCUT2D eigenvalue weighted by Crippen LogP contribution is 2.45. The number of primary amides is 1. The third kappa shape index (κ3) is 16.2. The Balaban J connectivity index is 0.000000878. The second kappa shape index (κ2) is 29.3. The van der Waals surface area contributed by atoms with Crippen LogP contribution in [0.3, 0.4) is 0 Å². The minimum atomic E-state index is -0.722. The third-order valence-electron chi connectivity index (χ3n) is 9.37. The Kier molecular flexibility index (Phi) is 24.7. The summed E-state index contributed by atoms with van der Waals surface area (Å²) < 4.78 is 32.3. The first-order valence-electron chi connectivity index (χ1n) is 21.7. The molecule has 2 aromatic heterocycles. The van der Waals surface area contributed by atoms with E-state index in [1.807, 2.05) is 46.0 Å². The first-order valence-corrected chi connectivity index (χ1v) is 21.7. The predicted molar refractivity (Wildman–Crippen MR) is 246 cm³/mol. The lowest BCUT2D eigenvalue weighted by molar-refractivity contribution is -0.135. The van der Waals surface area contributed by atoms with Crippen molar-refractivity contribution < 1.29 is 47.6 Å². The van der Waals surface area contributed by atoms with Crippen molar-refractivity contribution in [3.63, 3.8) is 0 Å². The van der Waals surface area contributed by atoms with E-state index in [9.17, 15) is 19.2 Å². The van der Waals surface area contributed by atoms with Crippen LogP contribution in [0.25, 0.3) is 33.6 Å². The van der Waals surface area contributed by atoms with E-state index in [0.29, 0.717) is 56.0 Å². The van der Waals surface area contributed by atoms with Crippen LogP contribution < -0.4 is 25.8 Å². The predicted octanol–water partition coefficient (Wildman–Crippen LogP) is 7.06. The molecule has 354 valence electrons. The summed E-state index contributed by atoms with van der Waals surface area (Å²) in [6.07, 6.45) is 5.94. The molecule has 3 heterocycles. The van der Waals surface area contributed by atoms with E-state index in [2.05, 4.69) is 81.1 Å². The smallest absolute Gasteiger partial charge is 0.407 e. The molecule has 2 unspecified atom stereocenters. The normalized spacial score (nSPS) is 13.2. The molecular weight excluding hydrogens is 825 g/mol. The van der Waals surface area contributed by atoms with Gasteiger partial charge in [0.1, 0.15) is 30.9 Å². The summed E-state index contributed by atoms with van der Waals surface area (Å²) in [6.45, 7) is 15.8. The van der Waals surface area contributed by atoms with Gasteiger partial charge < -0.3 is 59.7 Å². The van der Waals surface area contributed by atoms with Gasteiger partial charge in [-0.1, -0.05) is 79.2 Å². The fraction of sp³-hybridized carbons (Fsp3) is 0.522. The summed E-state index contributed by atoms with van der Waals surface area (Å²) in [5, 5.41) is 4.80. The van der Waals surface area contributed by atoms with Crippen molar-refractivity contribution in [3.05, 3.63) is 60.4 Å². The van der Waals surface area contributed by atoms with Crippen LogP contribution in [-0.4, -0.2) is 123 Å². The fourth-order valence-corrected chi connectivity index (χ4v) is 6.33. The number of rotatable bonds is 18. The molecule has 0 radical (unpaired) electrons. The maximum atomic E-state index is 13.7. The van der Waals surface area contributed by atoms with E-state index >= 15 is 0 Å². The number of ether oxygens (including phenoxy) is 6. The summed E-state index contributed by atoms with van der Waals surface area (Å²) >= 11 is 0. The Bertz CT molecular complexity index is 2000. The van der Waals surface area contributed by atoms with Crippen molar-refractivity contribution in [1.82, 2.24) is 35.5 Å². The molecule has 4 aromatic rings. The van der Waals surface area contributed by atoms with Crippen LogP contribution in [0, 0.1) is 5.92 Å². The van der Waals surface area contributed by atoms with Gasteiger partial charge in [-0.25, -0.2) is 19.6 Å². The van der Waals surface area contributed by atoms with E-state index in [-0.39, 0.29) is 24.4 Å². The molecule has 0 spiro atoms. The summed E-state index contributed by atoms with van der Waals surface area (Å²) in [5.74, 6) is 1.81. The SMILES string of the molecule is CC.CCC.CCc1ncc(-c2ccc(-c3ccc(-c4cnc(C5CCCN5C(=O)C(NC(=O)OC)C(C)C)[nH]4)c(OCCOC)c3OCCOC)cc2)[nH]1.COC(=O)NCC(N)=O. The zero-order chi connectivity index (χ0) is 47.6. The van der Waals surface area contributed by atoms with Gasteiger partial charge in [-0.05, 0) is 42.0 Å². The van der Waals surface area contributed by atoms with Crippen molar-refractivity contribution in [3.8, 4) is 45.1 Å². The Hall–Kier alpha value is -6.14. The monoisotopic (exact) mass is 895 g/mol. The molecule has 2 aromatic carbocycles. The van der Waals surface area contributed by atoms with Crippen molar-refractivity contribution in [2.45, 2.75) is 86.2 Å². The molecule has 1 aliphatic rings. The van der Waals surface area contributed by atoms with E-state index in [0.717, 1.165) is 53.0 Å². The number of alkyl carbamates (subject to hydrolysis) is 2. The quantitative estimate of drug-likeness (QED) is 0.0632. The Morgan fingerprint density at radius 3 is 1.88 bits per heavy atom. The number of carbonyl (C=O) groups excluding carboxylic acids is 4. The van der Waals surface area contributed by atoms with Crippen molar-refractivity contribution in [2.75, 3.05) is 68.0 Å². The van der Waals surface area contributed by atoms with Crippen LogP contribution >= 0.6 is 0 Å². The molecule has 0 saturated carbocycles.